The molecule has 2 aromatic rings. The lowest BCUT2D eigenvalue weighted by Crippen LogP contribution is -2.03. The molecule has 0 aliphatic heterocycles. The molecule has 0 bridgehead atoms. The predicted molar refractivity (Wildman–Crippen MR) is 103 cm³/mol. The molecule has 0 atom stereocenters. The van der Waals surface area contributed by atoms with E-state index in [1.807, 2.05) is 30.3 Å². The van der Waals surface area contributed by atoms with E-state index in [1.54, 1.807) is 6.07 Å². The molecule has 0 unspecified atom stereocenters. The Bertz CT molecular complexity index is 803. The van der Waals surface area contributed by atoms with Crippen molar-refractivity contribution in [1.82, 2.24) is 0 Å². The first-order valence-electron chi connectivity index (χ1n) is 8.75. The van der Waals surface area contributed by atoms with Gasteiger partial charge in [0, 0.05) is 18.6 Å². The number of unbranched alkanes of at least 4 members (excludes halogenated alkanes) is 2. The van der Waals surface area contributed by atoms with Gasteiger partial charge in [-0.15, -0.1) is 0 Å². The predicted octanol–water partition coefficient (Wildman–Crippen LogP) is 4.14. The molecule has 0 aromatic heterocycles. The normalized spacial score (nSPS) is 10.0. The third kappa shape index (κ3) is 6.36. The fourth-order valence-corrected chi connectivity index (χ4v) is 2.54. The van der Waals surface area contributed by atoms with Crippen LogP contribution in [-0.4, -0.2) is 31.9 Å². The van der Waals surface area contributed by atoms with Gasteiger partial charge in [-0.3, -0.25) is 0 Å². The number of carboxylic acids is 1. The van der Waals surface area contributed by atoms with Crippen LogP contribution in [0.4, 0.5) is 0 Å². The number of benzene rings is 2. The molecule has 0 saturated heterocycles. The van der Waals surface area contributed by atoms with Crippen molar-refractivity contribution < 1.29 is 24.1 Å². The monoisotopic (exact) mass is 368 g/mol. The Morgan fingerprint density at radius 3 is 2.52 bits per heavy atom. The summed E-state index contributed by atoms with van der Waals surface area (Å²) in [6.07, 6.45) is 2.56. The standard InChI is InChI=1S/C22H24O5/c1-25-20-15-18(14-19(22(23)24)21(20)26-2)12-6-3-4-9-13-27-16-17-10-7-5-8-11-17/h5,7-8,10-11,14-15H,3-4,9,13,16H2,1-2H3,(H,23,24). The van der Waals surface area contributed by atoms with Gasteiger partial charge in [-0.2, -0.15) is 0 Å². The van der Waals surface area contributed by atoms with Crippen LogP contribution in [0.3, 0.4) is 0 Å². The van der Waals surface area contributed by atoms with Gasteiger partial charge < -0.3 is 19.3 Å². The zero-order valence-corrected chi connectivity index (χ0v) is 15.7. The van der Waals surface area contributed by atoms with Gasteiger partial charge >= 0.3 is 5.97 Å². The van der Waals surface area contributed by atoms with E-state index in [0.29, 0.717) is 30.9 Å². The van der Waals surface area contributed by atoms with Crippen LogP contribution in [0.5, 0.6) is 11.5 Å². The van der Waals surface area contributed by atoms with Gasteiger partial charge in [0.25, 0.3) is 0 Å². The number of carbonyl (C=O) groups is 1. The average Bonchev–Trinajstić information content (AvgIpc) is 2.69. The van der Waals surface area contributed by atoms with Crippen molar-refractivity contribution in [2.24, 2.45) is 0 Å². The molecule has 0 fully saturated rings. The van der Waals surface area contributed by atoms with Crippen LogP contribution in [0.25, 0.3) is 0 Å². The maximum absolute atomic E-state index is 11.4. The summed E-state index contributed by atoms with van der Waals surface area (Å²) in [6.45, 7) is 1.31. The van der Waals surface area contributed by atoms with E-state index in [4.69, 9.17) is 14.2 Å². The number of carboxylic acid groups (broad SMARTS) is 1. The van der Waals surface area contributed by atoms with Crippen LogP contribution < -0.4 is 9.47 Å². The summed E-state index contributed by atoms with van der Waals surface area (Å²) >= 11 is 0. The second kappa shape index (κ2) is 10.9. The summed E-state index contributed by atoms with van der Waals surface area (Å²) in [5.41, 5.74) is 1.79. The molecule has 0 aliphatic rings. The van der Waals surface area contributed by atoms with Crippen LogP contribution in [-0.2, 0) is 11.3 Å². The lowest BCUT2D eigenvalue weighted by Gasteiger charge is -2.10. The fourth-order valence-electron chi connectivity index (χ4n) is 2.54. The molecule has 0 amide bonds. The maximum atomic E-state index is 11.4. The van der Waals surface area contributed by atoms with Crippen molar-refractivity contribution in [3.05, 3.63) is 59.2 Å². The van der Waals surface area contributed by atoms with Crippen molar-refractivity contribution in [1.29, 1.82) is 0 Å². The Kier molecular flexibility index (Phi) is 8.21. The lowest BCUT2D eigenvalue weighted by molar-refractivity contribution is 0.0692. The number of hydrogen-bond acceptors (Lipinski definition) is 4. The number of rotatable bonds is 9. The minimum absolute atomic E-state index is 0.0375. The van der Waals surface area contributed by atoms with Crippen LogP contribution in [0.15, 0.2) is 42.5 Å². The van der Waals surface area contributed by atoms with Crippen molar-refractivity contribution in [3.8, 4) is 23.3 Å². The van der Waals surface area contributed by atoms with Crippen LogP contribution in [0, 0.1) is 11.8 Å². The minimum Gasteiger partial charge on any atom is -0.493 e. The van der Waals surface area contributed by atoms with Crippen molar-refractivity contribution in [3.63, 3.8) is 0 Å². The van der Waals surface area contributed by atoms with Gasteiger partial charge in [-0.25, -0.2) is 4.79 Å². The number of aromatic carboxylic acids is 1. The quantitative estimate of drug-likeness (QED) is 0.532. The molecule has 0 radical (unpaired) electrons. The number of ether oxygens (including phenoxy) is 3. The first kappa shape index (κ1) is 20.3. The van der Waals surface area contributed by atoms with E-state index < -0.39 is 5.97 Å². The van der Waals surface area contributed by atoms with E-state index in [0.717, 1.165) is 12.8 Å². The number of methoxy groups -OCH3 is 2. The summed E-state index contributed by atoms with van der Waals surface area (Å²) in [5, 5.41) is 9.32. The zero-order valence-electron chi connectivity index (χ0n) is 15.7. The maximum Gasteiger partial charge on any atom is 0.339 e. The zero-order chi connectivity index (χ0) is 19.5. The van der Waals surface area contributed by atoms with E-state index in [-0.39, 0.29) is 11.3 Å². The van der Waals surface area contributed by atoms with E-state index in [1.165, 1.54) is 25.8 Å². The minimum atomic E-state index is -1.08. The molecule has 142 valence electrons. The highest BCUT2D eigenvalue weighted by molar-refractivity contribution is 5.92. The highest BCUT2D eigenvalue weighted by Gasteiger charge is 2.17. The van der Waals surface area contributed by atoms with Gasteiger partial charge in [-0.1, -0.05) is 42.2 Å². The molecule has 5 heteroatoms. The summed E-state index contributed by atoms with van der Waals surface area (Å²) in [6, 6.07) is 13.2. The SMILES string of the molecule is COc1cc(C#CCCCCOCc2ccccc2)cc(C(=O)O)c1OC. The first-order chi connectivity index (χ1) is 13.2. The van der Waals surface area contributed by atoms with Crippen molar-refractivity contribution >= 4 is 5.97 Å². The largest absolute Gasteiger partial charge is 0.493 e. The van der Waals surface area contributed by atoms with E-state index in [2.05, 4.69) is 11.8 Å². The summed E-state index contributed by atoms with van der Waals surface area (Å²) in [4.78, 5) is 11.4. The highest BCUT2D eigenvalue weighted by Crippen LogP contribution is 2.32. The molecule has 0 saturated carbocycles. The van der Waals surface area contributed by atoms with E-state index >= 15 is 0 Å². The number of hydrogen-bond donors (Lipinski definition) is 1. The van der Waals surface area contributed by atoms with E-state index in [9.17, 15) is 9.90 Å². The van der Waals surface area contributed by atoms with Crippen LogP contribution >= 0.6 is 0 Å². The van der Waals surface area contributed by atoms with Gasteiger partial charge in [0.1, 0.15) is 5.56 Å². The molecule has 5 nitrogen and oxygen atoms in total. The first-order valence-corrected chi connectivity index (χ1v) is 8.75. The molecule has 0 spiro atoms. The van der Waals surface area contributed by atoms with Crippen molar-refractivity contribution in [2.75, 3.05) is 20.8 Å². The Labute approximate surface area is 159 Å². The topological polar surface area (TPSA) is 65.0 Å². The Balaban J connectivity index is 1.81. The Morgan fingerprint density at radius 1 is 1.07 bits per heavy atom. The molecule has 27 heavy (non-hydrogen) atoms. The fraction of sp³-hybridized carbons (Fsp3) is 0.318. The summed E-state index contributed by atoms with van der Waals surface area (Å²) in [5.74, 6) is 5.54. The van der Waals surface area contributed by atoms with Gasteiger partial charge in [0.15, 0.2) is 11.5 Å². The third-order valence-corrected chi connectivity index (χ3v) is 3.89. The summed E-state index contributed by atoms with van der Waals surface area (Å²) < 4.78 is 16.0. The molecular formula is C22H24O5. The van der Waals surface area contributed by atoms with Gasteiger partial charge in [0.05, 0.1) is 20.8 Å². The van der Waals surface area contributed by atoms with Gasteiger partial charge in [0.2, 0.25) is 0 Å². The van der Waals surface area contributed by atoms with Crippen LogP contribution in [0.1, 0.15) is 40.7 Å². The lowest BCUT2D eigenvalue weighted by atomic mass is 10.1. The third-order valence-electron chi connectivity index (χ3n) is 3.89. The second-order valence-electron chi connectivity index (χ2n) is 5.86. The Hall–Kier alpha value is -2.97. The molecule has 0 aliphatic carbocycles. The van der Waals surface area contributed by atoms with Crippen LogP contribution in [0.2, 0.25) is 0 Å². The van der Waals surface area contributed by atoms with Crippen molar-refractivity contribution in [2.45, 2.75) is 25.9 Å². The highest BCUT2D eigenvalue weighted by atomic mass is 16.5. The molecule has 1 N–H and O–H groups in total. The molecule has 2 rings (SSSR count). The smallest absolute Gasteiger partial charge is 0.339 e. The van der Waals surface area contributed by atoms with Gasteiger partial charge in [-0.05, 0) is 30.5 Å². The molecular weight excluding hydrogens is 344 g/mol. The second-order valence-corrected chi connectivity index (χ2v) is 5.86. The average molecular weight is 368 g/mol. The summed E-state index contributed by atoms with van der Waals surface area (Å²) in [7, 11) is 2.88. The molecule has 2 aromatic carbocycles. The molecule has 0 heterocycles. The Morgan fingerprint density at radius 2 is 1.85 bits per heavy atom.